The molecule has 4 rings (SSSR count). The first-order chi connectivity index (χ1) is 15.7. The van der Waals surface area contributed by atoms with Gasteiger partial charge in [0.2, 0.25) is 0 Å². The zero-order valence-corrected chi connectivity index (χ0v) is 23.7. The van der Waals surface area contributed by atoms with Crippen molar-refractivity contribution in [1.29, 1.82) is 0 Å². The van der Waals surface area contributed by atoms with E-state index in [1.165, 1.54) is 44.5 Å². The average molecular weight is 517 g/mol. The van der Waals surface area contributed by atoms with E-state index < -0.39 is 0 Å². The molecule has 0 fully saturated rings. The maximum Gasteiger partial charge on any atom is 0.0609 e. The molecule has 0 spiro atoms. The van der Waals surface area contributed by atoms with E-state index in [9.17, 15) is 0 Å². The summed E-state index contributed by atoms with van der Waals surface area (Å²) in [7, 11) is 0. The van der Waals surface area contributed by atoms with Crippen LogP contribution in [-0.2, 0) is 16.2 Å². The summed E-state index contributed by atoms with van der Waals surface area (Å²) in [5.74, 6) is 0. The molecule has 0 saturated carbocycles. The Labute approximate surface area is 214 Å². The van der Waals surface area contributed by atoms with Crippen molar-refractivity contribution in [2.24, 2.45) is 0 Å². The van der Waals surface area contributed by atoms with Crippen molar-refractivity contribution in [1.82, 2.24) is 4.98 Å². The van der Waals surface area contributed by atoms with Crippen molar-refractivity contribution in [2.45, 2.75) is 78.6 Å². The highest BCUT2D eigenvalue weighted by Gasteiger charge is 2.22. The molecule has 4 aromatic rings. The zero-order chi connectivity index (χ0) is 25.1. The number of rotatable bonds is 2. The predicted molar refractivity (Wildman–Crippen MR) is 153 cm³/mol. The van der Waals surface area contributed by atoms with Gasteiger partial charge >= 0.3 is 0 Å². The molecule has 1 heterocycles. The molecule has 0 aliphatic rings. The van der Waals surface area contributed by atoms with Gasteiger partial charge in [-0.2, -0.15) is 0 Å². The van der Waals surface area contributed by atoms with E-state index in [4.69, 9.17) is 0 Å². The molecule has 0 radical (unpaired) electrons. The van der Waals surface area contributed by atoms with Gasteiger partial charge in [-0.3, -0.25) is 0 Å². The Morgan fingerprint density at radius 1 is 0.559 bits per heavy atom. The molecule has 178 valence electrons. The van der Waals surface area contributed by atoms with Crippen molar-refractivity contribution in [2.75, 3.05) is 0 Å². The van der Waals surface area contributed by atoms with Crippen LogP contribution in [0.4, 0.5) is 0 Å². The lowest BCUT2D eigenvalue weighted by molar-refractivity contribution is 0.590. The van der Waals surface area contributed by atoms with Crippen LogP contribution >= 0.6 is 15.9 Å². The summed E-state index contributed by atoms with van der Waals surface area (Å²) in [6.07, 6.45) is 0. The number of H-pyrrole nitrogens is 1. The molecule has 0 aliphatic heterocycles. The van der Waals surface area contributed by atoms with E-state index >= 15 is 0 Å². The topological polar surface area (TPSA) is 15.8 Å². The minimum Gasteiger partial charge on any atom is -0.353 e. The predicted octanol–water partition coefficient (Wildman–Crippen LogP) is 10.2. The first-order valence-corrected chi connectivity index (χ1v) is 13.0. The number of hydrogen-bond acceptors (Lipinski definition) is 0. The van der Waals surface area contributed by atoms with Crippen LogP contribution in [0.1, 0.15) is 79.0 Å². The van der Waals surface area contributed by atoms with Crippen LogP contribution in [0.5, 0.6) is 0 Å². The highest BCUT2D eigenvalue weighted by atomic mass is 79.9. The summed E-state index contributed by atoms with van der Waals surface area (Å²) in [6.45, 7) is 20.4. The molecule has 3 aromatic carbocycles. The van der Waals surface area contributed by atoms with Crippen molar-refractivity contribution in [3.63, 3.8) is 0 Å². The van der Waals surface area contributed by atoms with Crippen LogP contribution in [-0.4, -0.2) is 4.98 Å². The highest BCUT2D eigenvalue weighted by molar-refractivity contribution is 9.10. The summed E-state index contributed by atoms with van der Waals surface area (Å²) < 4.78 is 1.11. The number of benzene rings is 3. The van der Waals surface area contributed by atoms with Gasteiger partial charge in [-0.15, -0.1) is 0 Å². The fourth-order valence-corrected chi connectivity index (χ4v) is 5.04. The number of aromatic amines is 1. The van der Waals surface area contributed by atoms with Gasteiger partial charge in [0, 0.05) is 15.4 Å². The van der Waals surface area contributed by atoms with Gasteiger partial charge in [0.15, 0.2) is 0 Å². The Bertz CT molecular complexity index is 1320. The van der Waals surface area contributed by atoms with Crippen LogP contribution in [0.15, 0.2) is 65.1 Å². The average Bonchev–Trinajstić information content (AvgIpc) is 3.12. The third-order valence-corrected chi connectivity index (χ3v) is 7.43. The van der Waals surface area contributed by atoms with Gasteiger partial charge in [0.05, 0.1) is 11.2 Å². The number of nitrogens with one attached hydrogen (secondary N) is 1. The lowest BCUT2D eigenvalue weighted by atomic mass is 9.84. The molecule has 0 unspecified atom stereocenters. The van der Waals surface area contributed by atoms with Crippen molar-refractivity contribution in [3.8, 4) is 22.4 Å². The van der Waals surface area contributed by atoms with E-state index in [0.717, 1.165) is 9.99 Å². The maximum absolute atomic E-state index is 3.88. The van der Waals surface area contributed by atoms with Gasteiger partial charge in [-0.25, -0.2) is 0 Å². The molecule has 0 atom stereocenters. The third-order valence-electron chi connectivity index (χ3n) is 6.80. The van der Waals surface area contributed by atoms with Gasteiger partial charge in [-0.1, -0.05) is 111 Å². The number of hydrogen-bond donors (Lipinski definition) is 1. The largest absolute Gasteiger partial charge is 0.353 e. The van der Waals surface area contributed by atoms with E-state index in [-0.39, 0.29) is 16.2 Å². The van der Waals surface area contributed by atoms with Crippen molar-refractivity contribution < 1.29 is 0 Å². The smallest absolute Gasteiger partial charge is 0.0609 e. The lowest BCUT2D eigenvalue weighted by Crippen LogP contribution is -2.11. The molecule has 0 saturated heterocycles. The summed E-state index contributed by atoms with van der Waals surface area (Å²) in [6, 6.07) is 22.8. The minimum atomic E-state index is 0.0653. The highest BCUT2D eigenvalue weighted by Crippen LogP contribution is 2.43. The Morgan fingerprint density at radius 3 is 1.44 bits per heavy atom. The van der Waals surface area contributed by atoms with Crippen molar-refractivity contribution >= 4 is 26.8 Å². The molecular weight excluding hydrogens is 478 g/mol. The summed E-state index contributed by atoms with van der Waals surface area (Å²) in [5, 5.41) is 1.26. The van der Waals surface area contributed by atoms with E-state index in [1.807, 2.05) is 0 Å². The maximum atomic E-state index is 3.88. The van der Waals surface area contributed by atoms with E-state index in [2.05, 4.69) is 144 Å². The van der Waals surface area contributed by atoms with Crippen LogP contribution in [0, 0.1) is 0 Å². The Balaban J connectivity index is 1.99. The van der Waals surface area contributed by atoms with Gasteiger partial charge in [0.1, 0.15) is 0 Å². The quantitative estimate of drug-likeness (QED) is 0.273. The van der Waals surface area contributed by atoms with Gasteiger partial charge < -0.3 is 4.98 Å². The molecule has 0 bridgehead atoms. The van der Waals surface area contributed by atoms with E-state index in [1.54, 1.807) is 0 Å². The zero-order valence-electron chi connectivity index (χ0n) is 22.2. The molecule has 2 heteroatoms. The monoisotopic (exact) mass is 515 g/mol. The SMILES string of the molecule is CC(C)(C)c1ccc(-c2[nH]c3c(Br)cc(C(C)(C)C)cc3c2-c2ccc(C(C)(C)C)cc2)cc1. The van der Waals surface area contributed by atoms with Crippen LogP contribution < -0.4 is 0 Å². The molecule has 1 aromatic heterocycles. The molecule has 0 amide bonds. The van der Waals surface area contributed by atoms with Crippen LogP contribution in [0.2, 0.25) is 0 Å². The van der Waals surface area contributed by atoms with Crippen molar-refractivity contribution in [3.05, 3.63) is 81.8 Å². The first kappa shape index (κ1) is 24.8. The first-order valence-electron chi connectivity index (χ1n) is 12.2. The van der Waals surface area contributed by atoms with Gasteiger partial charge in [0.25, 0.3) is 0 Å². The molecule has 1 nitrogen and oxygen atoms in total. The second-order valence-electron chi connectivity index (χ2n) is 12.7. The van der Waals surface area contributed by atoms with Crippen LogP contribution in [0.3, 0.4) is 0 Å². The third kappa shape index (κ3) is 4.75. The standard InChI is InChI=1S/C32H38BrN/c1-30(2,3)22-14-10-20(11-15-22)27-25-18-24(32(7,8)9)19-26(33)29(25)34-28(27)21-12-16-23(17-13-21)31(4,5)6/h10-19,34H,1-9H3. The molecule has 0 aliphatic carbocycles. The number of fused-ring (bicyclic) bond motifs is 1. The normalized spacial score (nSPS) is 13.0. The minimum absolute atomic E-state index is 0.0653. The Kier molecular flexibility index (Phi) is 6.13. The lowest BCUT2D eigenvalue weighted by Gasteiger charge is -2.21. The second-order valence-corrected chi connectivity index (χ2v) is 13.5. The second kappa shape index (κ2) is 8.41. The summed E-state index contributed by atoms with van der Waals surface area (Å²) in [4.78, 5) is 3.78. The van der Waals surface area contributed by atoms with Gasteiger partial charge in [-0.05, 0) is 72.1 Å². The summed E-state index contributed by atoms with van der Waals surface area (Å²) >= 11 is 3.88. The fourth-order valence-electron chi connectivity index (χ4n) is 4.48. The summed E-state index contributed by atoms with van der Waals surface area (Å²) in [5.41, 5.74) is 10.4. The van der Waals surface area contributed by atoms with E-state index in [0.29, 0.717) is 0 Å². The number of aromatic nitrogens is 1. The molecule has 34 heavy (non-hydrogen) atoms. The number of halogens is 1. The molecule has 1 N–H and O–H groups in total. The Morgan fingerprint density at radius 2 is 1.00 bits per heavy atom. The Hall–Kier alpha value is -2.32. The fraction of sp³-hybridized carbons (Fsp3) is 0.375. The molecular formula is C32H38BrN. The van der Waals surface area contributed by atoms with Crippen LogP contribution in [0.25, 0.3) is 33.3 Å².